The number of hydrogen-bond acceptors (Lipinski definition) is 2. The van der Waals surface area contributed by atoms with E-state index in [0.717, 1.165) is 10.5 Å². The SMILES string of the molecule is COc1ccc2c(c1)C(c1ccccc1)NC(=S)N2CC(F)(F)F. The molecule has 0 fully saturated rings. The highest BCUT2D eigenvalue weighted by Crippen LogP contribution is 2.38. The largest absolute Gasteiger partial charge is 0.497 e. The van der Waals surface area contributed by atoms with Crippen LogP contribution in [0.15, 0.2) is 48.5 Å². The van der Waals surface area contributed by atoms with Gasteiger partial charge in [0, 0.05) is 11.3 Å². The number of methoxy groups -OCH3 is 1. The predicted molar refractivity (Wildman–Crippen MR) is 90.4 cm³/mol. The number of nitrogens with one attached hydrogen (secondary N) is 1. The van der Waals surface area contributed by atoms with Gasteiger partial charge in [-0.15, -0.1) is 0 Å². The van der Waals surface area contributed by atoms with Crippen LogP contribution in [-0.4, -0.2) is 24.9 Å². The second-order valence-electron chi connectivity index (χ2n) is 5.42. The van der Waals surface area contributed by atoms with E-state index in [1.165, 1.54) is 7.11 Å². The quantitative estimate of drug-likeness (QED) is 0.843. The number of rotatable bonds is 3. The standard InChI is InChI=1S/C17H15F3N2OS/c1-23-12-7-8-14-13(9-12)15(11-5-3-2-4-6-11)21-16(24)22(14)10-17(18,19)20/h2-9,15H,10H2,1H3,(H,21,24). The Morgan fingerprint density at radius 1 is 1.17 bits per heavy atom. The van der Waals surface area contributed by atoms with E-state index in [-0.39, 0.29) is 11.2 Å². The predicted octanol–water partition coefficient (Wildman–Crippen LogP) is 4.04. The number of ether oxygens (including phenoxy) is 1. The highest BCUT2D eigenvalue weighted by atomic mass is 32.1. The lowest BCUT2D eigenvalue weighted by molar-refractivity contribution is -0.118. The minimum Gasteiger partial charge on any atom is -0.497 e. The van der Waals surface area contributed by atoms with Crippen molar-refractivity contribution in [2.24, 2.45) is 0 Å². The topological polar surface area (TPSA) is 24.5 Å². The number of halogens is 3. The van der Waals surface area contributed by atoms with Crippen molar-refractivity contribution in [3.63, 3.8) is 0 Å². The average Bonchev–Trinajstić information content (AvgIpc) is 2.56. The number of nitrogens with zero attached hydrogens (tertiary/aromatic N) is 1. The second kappa shape index (κ2) is 6.32. The van der Waals surface area contributed by atoms with Gasteiger partial charge in [-0.2, -0.15) is 13.2 Å². The van der Waals surface area contributed by atoms with Crippen LogP contribution >= 0.6 is 12.2 Å². The molecule has 0 spiro atoms. The molecule has 126 valence electrons. The van der Waals surface area contributed by atoms with Crippen molar-refractivity contribution < 1.29 is 17.9 Å². The van der Waals surface area contributed by atoms with Crippen molar-refractivity contribution >= 4 is 23.0 Å². The van der Waals surface area contributed by atoms with Crippen molar-refractivity contribution in [1.29, 1.82) is 0 Å². The van der Waals surface area contributed by atoms with Gasteiger partial charge in [0.05, 0.1) is 13.2 Å². The molecule has 0 saturated heterocycles. The summed E-state index contributed by atoms with van der Waals surface area (Å²) in [6, 6.07) is 14.1. The normalized spacial score (nSPS) is 17.2. The molecular formula is C17H15F3N2OS. The maximum absolute atomic E-state index is 12.9. The Bertz CT molecular complexity index is 749. The first kappa shape index (κ1) is 16.6. The summed E-state index contributed by atoms with van der Waals surface area (Å²) in [6.45, 7) is -1.14. The molecule has 24 heavy (non-hydrogen) atoms. The molecule has 0 radical (unpaired) electrons. The van der Waals surface area contributed by atoms with Crippen molar-refractivity contribution in [3.05, 3.63) is 59.7 Å². The molecule has 3 nitrogen and oxygen atoms in total. The summed E-state index contributed by atoms with van der Waals surface area (Å²) in [6.07, 6.45) is -4.36. The third-order valence-electron chi connectivity index (χ3n) is 3.82. The summed E-state index contributed by atoms with van der Waals surface area (Å²) in [7, 11) is 1.52. The zero-order valence-corrected chi connectivity index (χ0v) is 13.6. The van der Waals surface area contributed by atoms with Gasteiger partial charge in [-0.25, -0.2) is 0 Å². The Hall–Kier alpha value is -2.28. The first-order valence-corrected chi connectivity index (χ1v) is 7.67. The van der Waals surface area contributed by atoms with Crippen LogP contribution in [0.5, 0.6) is 5.75 Å². The molecule has 1 unspecified atom stereocenters. The fourth-order valence-corrected chi connectivity index (χ4v) is 3.05. The molecule has 0 bridgehead atoms. The lowest BCUT2D eigenvalue weighted by Crippen LogP contribution is -2.50. The van der Waals surface area contributed by atoms with Crippen LogP contribution in [0.3, 0.4) is 0 Å². The third kappa shape index (κ3) is 3.31. The van der Waals surface area contributed by atoms with Gasteiger partial charge in [0.1, 0.15) is 12.3 Å². The molecular weight excluding hydrogens is 337 g/mol. The van der Waals surface area contributed by atoms with E-state index in [1.807, 2.05) is 30.3 Å². The fourth-order valence-electron chi connectivity index (χ4n) is 2.77. The van der Waals surface area contributed by atoms with Gasteiger partial charge in [0.2, 0.25) is 0 Å². The number of alkyl halides is 3. The van der Waals surface area contributed by atoms with Gasteiger partial charge in [-0.3, -0.25) is 0 Å². The van der Waals surface area contributed by atoms with Gasteiger partial charge >= 0.3 is 6.18 Å². The number of hydrogen-bond donors (Lipinski definition) is 1. The van der Waals surface area contributed by atoms with E-state index in [0.29, 0.717) is 17.0 Å². The summed E-state index contributed by atoms with van der Waals surface area (Å²) in [5.41, 5.74) is 2.05. The van der Waals surface area contributed by atoms with Gasteiger partial charge in [-0.05, 0) is 36.0 Å². The maximum atomic E-state index is 12.9. The lowest BCUT2D eigenvalue weighted by Gasteiger charge is -2.38. The monoisotopic (exact) mass is 352 g/mol. The van der Waals surface area contributed by atoms with Crippen LogP contribution in [0, 0.1) is 0 Å². The highest BCUT2D eigenvalue weighted by molar-refractivity contribution is 7.80. The molecule has 1 atom stereocenters. The molecule has 1 aliphatic rings. The molecule has 0 aromatic heterocycles. The molecule has 1 N–H and O–H groups in total. The summed E-state index contributed by atoms with van der Waals surface area (Å²) in [5.74, 6) is 0.580. The van der Waals surface area contributed by atoms with Crippen LogP contribution in [-0.2, 0) is 0 Å². The number of anilines is 1. The van der Waals surface area contributed by atoms with Crippen molar-refractivity contribution in [2.75, 3.05) is 18.6 Å². The van der Waals surface area contributed by atoms with E-state index in [1.54, 1.807) is 18.2 Å². The molecule has 0 saturated carbocycles. The Morgan fingerprint density at radius 3 is 2.50 bits per heavy atom. The summed E-state index contributed by atoms with van der Waals surface area (Å²) >= 11 is 5.19. The maximum Gasteiger partial charge on any atom is 0.406 e. The zero-order valence-electron chi connectivity index (χ0n) is 12.8. The first-order chi connectivity index (χ1) is 11.4. The van der Waals surface area contributed by atoms with Gasteiger partial charge in [0.25, 0.3) is 0 Å². The van der Waals surface area contributed by atoms with Crippen molar-refractivity contribution in [1.82, 2.24) is 5.32 Å². The summed E-state index contributed by atoms with van der Waals surface area (Å²) in [5, 5.41) is 3.07. The molecule has 0 aliphatic carbocycles. The molecule has 0 amide bonds. The van der Waals surface area contributed by atoms with Crippen LogP contribution in [0.25, 0.3) is 0 Å². The average molecular weight is 352 g/mol. The fraction of sp³-hybridized carbons (Fsp3) is 0.235. The van der Waals surface area contributed by atoms with E-state index in [2.05, 4.69) is 5.32 Å². The summed E-state index contributed by atoms with van der Waals surface area (Å²) in [4.78, 5) is 1.07. The van der Waals surface area contributed by atoms with E-state index in [9.17, 15) is 13.2 Å². The molecule has 7 heteroatoms. The van der Waals surface area contributed by atoms with Gasteiger partial charge in [0.15, 0.2) is 5.11 Å². The second-order valence-corrected chi connectivity index (χ2v) is 5.81. The van der Waals surface area contributed by atoms with Gasteiger partial charge < -0.3 is 15.0 Å². The molecule has 1 heterocycles. The van der Waals surface area contributed by atoms with Crippen LogP contribution in [0.1, 0.15) is 17.2 Å². The summed E-state index contributed by atoms with van der Waals surface area (Å²) < 4.78 is 44.0. The third-order valence-corrected chi connectivity index (χ3v) is 4.16. The van der Waals surface area contributed by atoms with E-state index in [4.69, 9.17) is 17.0 Å². The Balaban J connectivity index is 2.10. The van der Waals surface area contributed by atoms with Crippen LogP contribution in [0.2, 0.25) is 0 Å². The Morgan fingerprint density at radius 2 is 1.88 bits per heavy atom. The van der Waals surface area contributed by atoms with Crippen LogP contribution in [0.4, 0.5) is 18.9 Å². The van der Waals surface area contributed by atoms with Crippen molar-refractivity contribution in [2.45, 2.75) is 12.2 Å². The van der Waals surface area contributed by atoms with Gasteiger partial charge in [-0.1, -0.05) is 30.3 Å². The number of fused-ring (bicyclic) bond motifs is 1. The van der Waals surface area contributed by atoms with Crippen molar-refractivity contribution in [3.8, 4) is 5.75 Å². The minimum atomic E-state index is -4.36. The highest BCUT2D eigenvalue weighted by Gasteiger charge is 2.37. The minimum absolute atomic E-state index is 0.0545. The lowest BCUT2D eigenvalue weighted by atomic mass is 9.94. The number of benzene rings is 2. The molecule has 2 aromatic rings. The molecule has 1 aliphatic heterocycles. The number of thiocarbonyl (C=S) groups is 1. The van der Waals surface area contributed by atoms with Crippen LogP contribution < -0.4 is 15.0 Å². The zero-order chi connectivity index (χ0) is 17.3. The molecule has 2 aromatic carbocycles. The molecule has 3 rings (SSSR count). The Labute approximate surface area is 143 Å². The smallest absolute Gasteiger partial charge is 0.406 e. The first-order valence-electron chi connectivity index (χ1n) is 7.27. The van der Waals surface area contributed by atoms with E-state index >= 15 is 0 Å². The Kier molecular flexibility index (Phi) is 4.36. The van der Waals surface area contributed by atoms with E-state index < -0.39 is 12.7 Å².